The number of carbonyl (C=O) groups excluding carboxylic acids is 1. The molecule has 0 aliphatic carbocycles. The zero-order valence-electron chi connectivity index (χ0n) is 11.7. The van der Waals surface area contributed by atoms with E-state index in [-0.39, 0.29) is 11.6 Å². The van der Waals surface area contributed by atoms with Crippen molar-refractivity contribution < 1.29 is 4.79 Å². The van der Waals surface area contributed by atoms with Crippen molar-refractivity contribution in [3.63, 3.8) is 0 Å². The van der Waals surface area contributed by atoms with Crippen LogP contribution in [0.15, 0.2) is 0 Å². The van der Waals surface area contributed by atoms with Gasteiger partial charge in [0.25, 0.3) is 0 Å². The average Bonchev–Trinajstić information content (AvgIpc) is 2.15. The van der Waals surface area contributed by atoms with E-state index >= 15 is 0 Å². The first-order valence-electron chi connectivity index (χ1n) is 6.72. The SMILES string of the molecule is CCCN1CCCC(NC(=O)NC(C)(C)C)C1. The van der Waals surface area contributed by atoms with Crippen molar-refractivity contribution in [1.82, 2.24) is 15.5 Å². The van der Waals surface area contributed by atoms with Gasteiger partial charge in [-0.2, -0.15) is 0 Å². The third kappa shape index (κ3) is 5.91. The predicted octanol–water partition coefficient (Wildman–Crippen LogP) is 1.96. The van der Waals surface area contributed by atoms with Gasteiger partial charge in [-0.25, -0.2) is 4.79 Å². The Morgan fingerprint density at radius 3 is 2.71 bits per heavy atom. The molecule has 1 saturated heterocycles. The highest BCUT2D eigenvalue weighted by Gasteiger charge is 2.22. The molecule has 0 spiro atoms. The second-order valence-electron chi connectivity index (χ2n) is 5.99. The Labute approximate surface area is 105 Å². The molecule has 4 heteroatoms. The first-order chi connectivity index (χ1) is 7.90. The Hall–Kier alpha value is -0.770. The summed E-state index contributed by atoms with van der Waals surface area (Å²) in [6, 6.07) is 0.262. The lowest BCUT2D eigenvalue weighted by molar-refractivity contribution is 0.183. The van der Waals surface area contributed by atoms with Crippen LogP contribution in [-0.2, 0) is 0 Å². The van der Waals surface area contributed by atoms with Crippen molar-refractivity contribution in [3.8, 4) is 0 Å². The highest BCUT2D eigenvalue weighted by molar-refractivity contribution is 5.75. The molecule has 1 unspecified atom stereocenters. The fraction of sp³-hybridized carbons (Fsp3) is 0.923. The summed E-state index contributed by atoms with van der Waals surface area (Å²) >= 11 is 0. The summed E-state index contributed by atoms with van der Waals surface area (Å²) in [6.07, 6.45) is 3.46. The first kappa shape index (κ1) is 14.3. The highest BCUT2D eigenvalue weighted by atomic mass is 16.2. The monoisotopic (exact) mass is 241 g/mol. The van der Waals surface area contributed by atoms with Crippen LogP contribution in [0.2, 0.25) is 0 Å². The number of nitrogens with zero attached hydrogens (tertiary/aromatic N) is 1. The van der Waals surface area contributed by atoms with Crippen LogP contribution in [-0.4, -0.2) is 42.1 Å². The van der Waals surface area contributed by atoms with Crippen molar-refractivity contribution in [2.24, 2.45) is 0 Å². The van der Waals surface area contributed by atoms with Gasteiger partial charge in [0.05, 0.1) is 0 Å². The maximum atomic E-state index is 11.8. The Kier molecular flexibility index (Phi) is 5.25. The molecule has 0 saturated carbocycles. The molecule has 0 aromatic rings. The summed E-state index contributed by atoms with van der Waals surface area (Å²) in [5.41, 5.74) is -0.165. The molecule has 0 aromatic carbocycles. The maximum Gasteiger partial charge on any atom is 0.315 e. The van der Waals surface area contributed by atoms with Gasteiger partial charge in [-0.3, -0.25) is 0 Å². The summed E-state index contributed by atoms with van der Waals surface area (Å²) in [5.74, 6) is 0. The second kappa shape index (κ2) is 6.24. The highest BCUT2D eigenvalue weighted by Crippen LogP contribution is 2.10. The van der Waals surface area contributed by atoms with Crippen LogP contribution in [0.5, 0.6) is 0 Å². The van der Waals surface area contributed by atoms with Crippen molar-refractivity contribution in [2.45, 2.75) is 58.5 Å². The Morgan fingerprint density at radius 2 is 2.12 bits per heavy atom. The van der Waals surface area contributed by atoms with Gasteiger partial charge in [0, 0.05) is 18.1 Å². The number of carbonyl (C=O) groups is 1. The fourth-order valence-corrected chi connectivity index (χ4v) is 2.25. The van der Waals surface area contributed by atoms with E-state index in [9.17, 15) is 4.79 Å². The second-order valence-corrected chi connectivity index (χ2v) is 5.99. The van der Waals surface area contributed by atoms with Gasteiger partial charge in [-0.1, -0.05) is 6.92 Å². The summed E-state index contributed by atoms with van der Waals surface area (Å²) in [6.45, 7) is 11.5. The van der Waals surface area contributed by atoms with Crippen LogP contribution in [0.3, 0.4) is 0 Å². The summed E-state index contributed by atoms with van der Waals surface area (Å²) in [5, 5.41) is 6.02. The molecule has 0 radical (unpaired) electrons. The van der Waals surface area contributed by atoms with Crippen molar-refractivity contribution in [2.75, 3.05) is 19.6 Å². The zero-order valence-corrected chi connectivity index (χ0v) is 11.7. The molecule has 17 heavy (non-hydrogen) atoms. The standard InChI is InChI=1S/C13H27N3O/c1-5-8-16-9-6-7-11(10-16)14-12(17)15-13(2,3)4/h11H,5-10H2,1-4H3,(H2,14,15,17). The maximum absolute atomic E-state index is 11.8. The van der Waals surface area contributed by atoms with Crippen LogP contribution in [0.1, 0.15) is 47.0 Å². The number of rotatable bonds is 3. The zero-order chi connectivity index (χ0) is 12.9. The quantitative estimate of drug-likeness (QED) is 0.793. The van der Waals surface area contributed by atoms with Gasteiger partial charge in [0.15, 0.2) is 0 Å². The van der Waals surface area contributed by atoms with Gasteiger partial charge in [0.1, 0.15) is 0 Å². The lowest BCUT2D eigenvalue weighted by atomic mass is 10.1. The summed E-state index contributed by atoms with van der Waals surface area (Å²) in [4.78, 5) is 14.2. The molecule has 4 nitrogen and oxygen atoms in total. The lowest BCUT2D eigenvalue weighted by Gasteiger charge is -2.33. The third-order valence-corrected chi connectivity index (χ3v) is 2.87. The topological polar surface area (TPSA) is 44.4 Å². The van der Waals surface area contributed by atoms with E-state index in [1.54, 1.807) is 0 Å². The number of amides is 2. The number of likely N-dealkylation sites (tertiary alicyclic amines) is 1. The van der Waals surface area contributed by atoms with Crippen LogP contribution < -0.4 is 10.6 Å². The Bertz CT molecular complexity index is 246. The number of urea groups is 1. The first-order valence-corrected chi connectivity index (χ1v) is 6.72. The molecule has 1 rings (SSSR count). The van der Waals surface area contributed by atoms with E-state index in [1.807, 2.05) is 20.8 Å². The Balaban J connectivity index is 2.33. The van der Waals surface area contributed by atoms with Crippen molar-refractivity contribution in [1.29, 1.82) is 0 Å². The number of piperidine rings is 1. The van der Waals surface area contributed by atoms with Crippen LogP contribution in [0.4, 0.5) is 4.79 Å². The smallest absolute Gasteiger partial charge is 0.315 e. The molecule has 1 aliphatic heterocycles. The van der Waals surface area contributed by atoms with Crippen molar-refractivity contribution >= 4 is 6.03 Å². The lowest BCUT2D eigenvalue weighted by Crippen LogP contribution is -2.53. The average molecular weight is 241 g/mol. The van der Waals surface area contributed by atoms with Gasteiger partial charge in [-0.05, 0) is 53.1 Å². The van der Waals surface area contributed by atoms with Crippen LogP contribution in [0.25, 0.3) is 0 Å². The van der Waals surface area contributed by atoms with Gasteiger partial charge >= 0.3 is 6.03 Å². The molecule has 100 valence electrons. The van der Waals surface area contributed by atoms with Gasteiger partial charge in [-0.15, -0.1) is 0 Å². The van der Waals surface area contributed by atoms with E-state index in [1.165, 1.54) is 19.4 Å². The normalized spacial score (nSPS) is 22.2. The van der Waals surface area contributed by atoms with E-state index in [2.05, 4.69) is 22.5 Å². The van der Waals surface area contributed by atoms with E-state index in [0.717, 1.165) is 19.5 Å². The van der Waals surface area contributed by atoms with Crippen LogP contribution in [0, 0.1) is 0 Å². The minimum Gasteiger partial charge on any atom is -0.334 e. The molecule has 2 amide bonds. The molecule has 1 heterocycles. The number of hydrogen-bond acceptors (Lipinski definition) is 2. The molecule has 1 atom stereocenters. The van der Waals surface area contributed by atoms with Crippen molar-refractivity contribution in [3.05, 3.63) is 0 Å². The minimum absolute atomic E-state index is 0.0409. The molecule has 1 aliphatic rings. The van der Waals surface area contributed by atoms with Crippen LogP contribution >= 0.6 is 0 Å². The van der Waals surface area contributed by atoms with Gasteiger partial charge < -0.3 is 15.5 Å². The molecular weight excluding hydrogens is 214 g/mol. The molecule has 0 bridgehead atoms. The molecule has 1 fully saturated rings. The number of nitrogens with one attached hydrogen (secondary N) is 2. The van der Waals surface area contributed by atoms with E-state index < -0.39 is 0 Å². The largest absolute Gasteiger partial charge is 0.334 e. The minimum atomic E-state index is -0.165. The third-order valence-electron chi connectivity index (χ3n) is 2.87. The summed E-state index contributed by atoms with van der Waals surface area (Å²) in [7, 11) is 0. The van der Waals surface area contributed by atoms with Gasteiger partial charge in [0.2, 0.25) is 0 Å². The fourth-order valence-electron chi connectivity index (χ4n) is 2.25. The predicted molar refractivity (Wildman–Crippen MR) is 71.2 cm³/mol. The molecule has 0 aromatic heterocycles. The summed E-state index contributed by atoms with van der Waals surface area (Å²) < 4.78 is 0. The Morgan fingerprint density at radius 1 is 1.41 bits per heavy atom. The van der Waals surface area contributed by atoms with E-state index in [0.29, 0.717) is 6.04 Å². The molecular formula is C13H27N3O. The number of hydrogen-bond donors (Lipinski definition) is 2. The van der Waals surface area contributed by atoms with E-state index in [4.69, 9.17) is 0 Å². The molecule has 2 N–H and O–H groups in total.